The van der Waals surface area contributed by atoms with E-state index in [1.165, 1.54) is 43.2 Å². The maximum Gasteiger partial charge on any atom is 0.225 e. The number of nitrogens with one attached hydrogen (secondary N) is 2. The van der Waals surface area contributed by atoms with Gasteiger partial charge >= 0.3 is 0 Å². The molecule has 0 radical (unpaired) electrons. The Hall–Kier alpha value is -2.88. The lowest BCUT2D eigenvalue weighted by Gasteiger charge is -2.23. The van der Waals surface area contributed by atoms with E-state index in [0.29, 0.717) is 12.0 Å². The Balaban J connectivity index is 1.69. The Labute approximate surface area is 167 Å². The van der Waals surface area contributed by atoms with E-state index < -0.39 is 0 Å². The van der Waals surface area contributed by atoms with Gasteiger partial charge in [-0.1, -0.05) is 67.8 Å². The van der Waals surface area contributed by atoms with Crippen molar-refractivity contribution in [1.29, 1.82) is 0 Å². The standard InChI is InChI=1S/C24H28N4/c1-17-10-9-11-18(2)23(17)27-22-16-21(19-12-5-3-6-13-19)26-24(28-22)25-20-14-7-4-8-15-20/h3,5-6,9-13,16,20H,4,7-8,14-15H2,1-2H3,(H2,25,26,27,28). The number of hydrogen-bond donors (Lipinski definition) is 2. The van der Waals surface area contributed by atoms with Gasteiger partial charge in [-0.15, -0.1) is 0 Å². The van der Waals surface area contributed by atoms with E-state index in [4.69, 9.17) is 9.97 Å². The number of benzene rings is 2. The Bertz CT molecular complexity index is 910. The average molecular weight is 373 g/mol. The molecule has 0 atom stereocenters. The zero-order valence-electron chi connectivity index (χ0n) is 16.7. The van der Waals surface area contributed by atoms with E-state index in [9.17, 15) is 0 Å². The van der Waals surface area contributed by atoms with Crippen LogP contribution in [-0.4, -0.2) is 16.0 Å². The van der Waals surface area contributed by atoms with Crippen LogP contribution in [0.3, 0.4) is 0 Å². The lowest BCUT2D eigenvalue weighted by molar-refractivity contribution is 0.461. The lowest BCUT2D eigenvalue weighted by Crippen LogP contribution is -2.23. The van der Waals surface area contributed by atoms with E-state index in [1.54, 1.807) is 0 Å². The first-order valence-corrected chi connectivity index (χ1v) is 10.2. The van der Waals surface area contributed by atoms with Gasteiger partial charge in [0.25, 0.3) is 0 Å². The van der Waals surface area contributed by atoms with Gasteiger partial charge in [0.1, 0.15) is 5.82 Å². The third kappa shape index (κ3) is 4.33. The molecular weight excluding hydrogens is 344 g/mol. The van der Waals surface area contributed by atoms with Crippen molar-refractivity contribution >= 4 is 17.5 Å². The van der Waals surface area contributed by atoms with Crippen molar-refractivity contribution in [2.24, 2.45) is 0 Å². The first-order chi connectivity index (χ1) is 13.7. The number of rotatable bonds is 5. The SMILES string of the molecule is Cc1cccc(C)c1Nc1cc(-c2ccccc2)nc(NC2CCCCC2)n1. The van der Waals surface area contributed by atoms with Crippen molar-refractivity contribution in [2.75, 3.05) is 10.6 Å². The van der Waals surface area contributed by atoms with E-state index in [0.717, 1.165) is 22.8 Å². The minimum atomic E-state index is 0.466. The van der Waals surface area contributed by atoms with Gasteiger partial charge < -0.3 is 10.6 Å². The van der Waals surface area contributed by atoms with Crippen LogP contribution in [0.1, 0.15) is 43.2 Å². The first-order valence-electron chi connectivity index (χ1n) is 10.2. The molecule has 0 spiro atoms. The normalized spacial score (nSPS) is 14.6. The van der Waals surface area contributed by atoms with Crippen LogP contribution in [0.15, 0.2) is 54.6 Å². The largest absolute Gasteiger partial charge is 0.351 e. The van der Waals surface area contributed by atoms with Crippen LogP contribution < -0.4 is 10.6 Å². The van der Waals surface area contributed by atoms with Crippen LogP contribution in [0.4, 0.5) is 17.5 Å². The highest BCUT2D eigenvalue weighted by Gasteiger charge is 2.16. The molecule has 4 nitrogen and oxygen atoms in total. The summed E-state index contributed by atoms with van der Waals surface area (Å²) in [5.74, 6) is 1.53. The number of anilines is 3. The molecule has 144 valence electrons. The molecular formula is C24H28N4. The second-order valence-corrected chi connectivity index (χ2v) is 7.70. The van der Waals surface area contributed by atoms with Crippen LogP contribution in [0.5, 0.6) is 0 Å². The lowest BCUT2D eigenvalue weighted by atomic mass is 9.96. The Kier molecular flexibility index (Phi) is 5.56. The summed E-state index contributed by atoms with van der Waals surface area (Å²) in [6.07, 6.45) is 6.28. The zero-order valence-corrected chi connectivity index (χ0v) is 16.7. The minimum Gasteiger partial charge on any atom is -0.351 e. The predicted octanol–water partition coefficient (Wildman–Crippen LogP) is 6.25. The van der Waals surface area contributed by atoms with Crippen LogP contribution in [0.2, 0.25) is 0 Å². The highest BCUT2D eigenvalue weighted by molar-refractivity contribution is 5.70. The molecule has 1 fully saturated rings. The quantitative estimate of drug-likeness (QED) is 0.556. The topological polar surface area (TPSA) is 49.8 Å². The number of hydrogen-bond acceptors (Lipinski definition) is 4. The van der Waals surface area contributed by atoms with Crippen molar-refractivity contribution in [1.82, 2.24) is 9.97 Å². The molecule has 0 amide bonds. The molecule has 0 saturated heterocycles. The van der Waals surface area contributed by atoms with Gasteiger partial charge in [0, 0.05) is 23.4 Å². The van der Waals surface area contributed by atoms with Gasteiger partial charge in [0.15, 0.2) is 0 Å². The molecule has 4 rings (SSSR count). The van der Waals surface area contributed by atoms with Crippen LogP contribution in [0.25, 0.3) is 11.3 Å². The van der Waals surface area contributed by atoms with Crippen molar-refractivity contribution in [2.45, 2.75) is 52.0 Å². The molecule has 2 aromatic carbocycles. The van der Waals surface area contributed by atoms with Crippen LogP contribution in [-0.2, 0) is 0 Å². The summed E-state index contributed by atoms with van der Waals surface area (Å²) in [6.45, 7) is 4.24. The molecule has 0 unspecified atom stereocenters. The average Bonchev–Trinajstić information content (AvgIpc) is 2.72. The van der Waals surface area contributed by atoms with Gasteiger partial charge in [-0.2, -0.15) is 4.98 Å². The van der Waals surface area contributed by atoms with E-state index in [2.05, 4.69) is 54.8 Å². The molecule has 2 N–H and O–H groups in total. The molecule has 1 aromatic heterocycles. The summed E-state index contributed by atoms with van der Waals surface area (Å²) in [5, 5.41) is 7.12. The van der Waals surface area contributed by atoms with E-state index in [1.807, 2.05) is 24.3 Å². The maximum absolute atomic E-state index is 4.82. The first kappa shape index (κ1) is 18.5. The number of para-hydroxylation sites is 1. The molecule has 3 aromatic rings. The zero-order chi connectivity index (χ0) is 19.3. The molecule has 0 aliphatic heterocycles. The Morgan fingerprint density at radius 3 is 2.25 bits per heavy atom. The summed E-state index contributed by atoms with van der Waals surface area (Å²) in [5.41, 5.74) is 5.57. The number of aromatic nitrogens is 2. The molecule has 1 aliphatic carbocycles. The fraction of sp³-hybridized carbons (Fsp3) is 0.333. The van der Waals surface area contributed by atoms with Gasteiger partial charge in [-0.05, 0) is 37.8 Å². The second kappa shape index (κ2) is 8.42. The predicted molar refractivity (Wildman–Crippen MR) is 117 cm³/mol. The van der Waals surface area contributed by atoms with Gasteiger partial charge in [-0.25, -0.2) is 4.98 Å². The molecule has 28 heavy (non-hydrogen) atoms. The van der Waals surface area contributed by atoms with E-state index >= 15 is 0 Å². The number of nitrogens with zero attached hydrogens (tertiary/aromatic N) is 2. The Morgan fingerprint density at radius 2 is 1.54 bits per heavy atom. The Morgan fingerprint density at radius 1 is 0.821 bits per heavy atom. The van der Waals surface area contributed by atoms with Crippen molar-refractivity contribution < 1.29 is 0 Å². The smallest absolute Gasteiger partial charge is 0.225 e. The summed E-state index contributed by atoms with van der Waals surface area (Å²) in [7, 11) is 0. The highest BCUT2D eigenvalue weighted by Crippen LogP contribution is 2.28. The third-order valence-electron chi connectivity index (χ3n) is 5.47. The summed E-state index contributed by atoms with van der Waals surface area (Å²) in [4.78, 5) is 9.62. The highest BCUT2D eigenvalue weighted by atomic mass is 15.2. The number of aryl methyl sites for hydroxylation is 2. The molecule has 0 bridgehead atoms. The van der Waals surface area contributed by atoms with Gasteiger partial charge in [0.2, 0.25) is 5.95 Å². The van der Waals surface area contributed by atoms with Crippen LogP contribution >= 0.6 is 0 Å². The molecule has 4 heteroatoms. The molecule has 1 aliphatic rings. The summed E-state index contributed by atoms with van der Waals surface area (Å²) < 4.78 is 0. The maximum atomic E-state index is 4.82. The summed E-state index contributed by atoms with van der Waals surface area (Å²) >= 11 is 0. The van der Waals surface area contributed by atoms with Crippen molar-refractivity contribution in [3.8, 4) is 11.3 Å². The second-order valence-electron chi connectivity index (χ2n) is 7.70. The van der Waals surface area contributed by atoms with Crippen molar-refractivity contribution in [3.63, 3.8) is 0 Å². The molecule has 1 heterocycles. The van der Waals surface area contributed by atoms with Crippen LogP contribution in [0, 0.1) is 13.8 Å². The van der Waals surface area contributed by atoms with Gasteiger partial charge in [-0.3, -0.25) is 0 Å². The van der Waals surface area contributed by atoms with E-state index in [-0.39, 0.29) is 0 Å². The minimum absolute atomic E-state index is 0.466. The van der Waals surface area contributed by atoms with Crippen molar-refractivity contribution in [3.05, 3.63) is 65.7 Å². The summed E-state index contributed by atoms with van der Waals surface area (Å²) in [6, 6.07) is 19.1. The molecule has 1 saturated carbocycles. The van der Waals surface area contributed by atoms with Gasteiger partial charge in [0.05, 0.1) is 5.69 Å². The monoisotopic (exact) mass is 372 g/mol. The fourth-order valence-electron chi connectivity index (χ4n) is 3.90. The third-order valence-corrected chi connectivity index (χ3v) is 5.47. The fourth-order valence-corrected chi connectivity index (χ4v) is 3.90.